The Labute approximate surface area is 350 Å². The number of thiophene rings is 2. The highest BCUT2D eigenvalue weighted by molar-refractivity contribution is 7.26. The quantitative estimate of drug-likeness (QED) is 0.0615. The van der Waals surface area contributed by atoms with Gasteiger partial charge in [-0.3, -0.25) is 0 Å². The van der Waals surface area contributed by atoms with Gasteiger partial charge in [-0.1, -0.05) is 115 Å². The van der Waals surface area contributed by atoms with Crippen molar-refractivity contribution in [2.45, 2.75) is 109 Å². The number of allylic oxidation sites excluding steroid dienone is 2. The highest BCUT2D eigenvalue weighted by atomic mass is 32.1. The summed E-state index contributed by atoms with van der Waals surface area (Å²) in [5.74, 6) is 0. The first-order valence-corrected chi connectivity index (χ1v) is 22.9. The third-order valence-corrected chi connectivity index (χ3v) is 14.7. The normalized spacial score (nSPS) is 12.4. The maximum atomic E-state index is 9.45. The summed E-state index contributed by atoms with van der Waals surface area (Å²) in [6, 6.07) is 20.8. The van der Waals surface area contributed by atoms with E-state index in [1.54, 1.807) is 12.2 Å². The summed E-state index contributed by atoms with van der Waals surface area (Å²) in [6.07, 6.45) is 20.2. The second-order valence-corrected chi connectivity index (χ2v) is 17.9. The van der Waals surface area contributed by atoms with Gasteiger partial charge in [-0.2, -0.15) is 38.5 Å². The molecule has 6 aromatic rings. The summed E-state index contributed by atoms with van der Waals surface area (Å²) in [4.78, 5) is 4.95. The number of rotatable bonds is 18. The van der Waals surface area contributed by atoms with Crippen LogP contribution in [0.4, 0.5) is 0 Å². The predicted molar refractivity (Wildman–Crippen MR) is 236 cm³/mol. The molecule has 4 aromatic heterocycles. The SMILES string of the molecule is CCCCCCCCC1(CCCCCCCC)c2cc(-c3ccc(C=C(C#N)C#N)c4nsnc34)sc2-c2sc(-c3ccc(C=C(C#N)C#N)c4nsnc34)cc21. The lowest BCUT2D eigenvalue weighted by Gasteiger charge is -2.31. The number of nitrogens with zero attached hydrogens (tertiary/aromatic N) is 8. The van der Waals surface area contributed by atoms with Crippen LogP contribution in [0.1, 0.15) is 126 Å². The van der Waals surface area contributed by atoms with Crippen molar-refractivity contribution in [2.24, 2.45) is 0 Å². The zero-order valence-electron chi connectivity index (χ0n) is 32.2. The van der Waals surface area contributed by atoms with Gasteiger partial charge in [0.25, 0.3) is 0 Å². The van der Waals surface area contributed by atoms with E-state index in [1.807, 2.05) is 59.1 Å². The van der Waals surface area contributed by atoms with Crippen LogP contribution in [0.3, 0.4) is 0 Å². The number of unbranched alkanes of at least 4 members (excludes halogenated alkanes) is 10. The fraction of sp³-hybridized carbons (Fsp3) is 0.378. The Morgan fingerprint density at radius 3 is 1.33 bits per heavy atom. The average Bonchev–Trinajstić information content (AvgIpc) is 4.08. The molecule has 2 aromatic carbocycles. The van der Waals surface area contributed by atoms with E-state index < -0.39 is 0 Å². The zero-order chi connectivity index (χ0) is 39.8. The lowest BCUT2D eigenvalue weighted by molar-refractivity contribution is 0.399. The van der Waals surface area contributed by atoms with Gasteiger partial charge in [0.15, 0.2) is 0 Å². The first kappa shape index (κ1) is 40.1. The lowest BCUT2D eigenvalue weighted by Crippen LogP contribution is -2.25. The second-order valence-electron chi connectivity index (χ2n) is 14.7. The van der Waals surface area contributed by atoms with Crippen LogP contribution in [0.25, 0.3) is 64.9 Å². The Morgan fingerprint density at radius 1 is 0.544 bits per heavy atom. The average molecular weight is 823 g/mol. The van der Waals surface area contributed by atoms with Gasteiger partial charge >= 0.3 is 0 Å². The molecule has 0 bridgehead atoms. The summed E-state index contributed by atoms with van der Waals surface area (Å²) in [7, 11) is 0. The fourth-order valence-corrected chi connectivity index (χ4v) is 12.1. The molecule has 7 rings (SSSR count). The van der Waals surface area contributed by atoms with E-state index in [9.17, 15) is 21.0 Å². The standard InChI is InChI=1S/C45H42N8S4/c1-3-5-7-9-11-13-19-45(20-14-12-10-8-6-4-2)35-23-37(33-17-15-31(21-29(25-46)26-47)39-41(33)52-56-50-39)54-43(35)44-36(45)24-38(55-44)34-18-16-32(22-30(27-48)28-49)40-42(34)53-57-51-40/h15-18,21-24H,3-14,19-20H2,1-2H3. The highest BCUT2D eigenvalue weighted by Crippen LogP contribution is 2.62. The summed E-state index contributed by atoms with van der Waals surface area (Å²) < 4.78 is 18.7. The topological polar surface area (TPSA) is 147 Å². The van der Waals surface area contributed by atoms with Crippen molar-refractivity contribution >= 4 is 80.3 Å². The van der Waals surface area contributed by atoms with Crippen molar-refractivity contribution in [3.63, 3.8) is 0 Å². The molecule has 0 amide bonds. The van der Waals surface area contributed by atoms with Crippen LogP contribution in [-0.2, 0) is 5.41 Å². The molecule has 0 N–H and O–H groups in total. The van der Waals surface area contributed by atoms with Gasteiger partial charge in [0.1, 0.15) is 57.5 Å². The Balaban J connectivity index is 1.36. The monoisotopic (exact) mass is 822 g/mol. The number of hydrogen-bond donors (Lipinski definition) is 0. The van der Waals surface area contributed by atoms with Crippen molar-refractivity contribution < 1.29 is 0 Å². The van der Waals surface area contributed by atoms with Gasteiger partial charge in [-0.25, -0.2) is 0 Å². The summed E-state index contributed by atoms with van der Waals surface area (Å²) in [5.41, 5.74) is 9.25. The summed E-state index contributed by atoms with van der Waals surface area (Å²) in [5, 5.41) is 37.8. The zero-order valence-corrected chi connectivity index (χ0v) is 35.5. The van der Waals surface area contributed by atoms with E-state index in [4.69, 9.17) is 8.75 Å². The van der Waals surface area contributed by atoms with Gasteiger partial charge in [-0.05, 0) is 48.3 Å². The molecule has 12 heteroatoms. The number of benzene rings is 2. The number of fused-ring (bicyclic) bond motifs is 5. The molecule has 0 unspecified atom stereocenters. The van der Waals surface area contributed by atoms with Crippen molar-refractivity contribution in [2.75, 3.05) is 0 Å². The molecule has 0 radical (unpaired) electrons. The molecule has 1 aliphatic rings. The van der Waals surface area contributed by atoms with Crippen molar-refractivity contribution in [3.05, 3.63) is 69.8 Å². The molecule has 0 spiro atoms. The first-order valence-electron chi connectivity index (χ1n) is 19.8. The summed E-state index contributed by atoms with van der Waals surface area (Å²) in [6.45, 7) is 4.54. The molecule has 0 aliphatic heterocycles. The molecule has 0 fully saturated rings. The predicted octanol–water partition coefficient (Wildman–Crippen LogP) is 13.8. The van der Waals surface area contributed by atoms with E-state index >= 15 is 0 Å². The van der Waals surface area contributed by atoms with E-state index in [2.05, 4.69) is 46.9 Å². The van der Waals surface area contributed by atoms with E-state index in [1.165, 1.54) is 85.1 Å². The molecular formula is C45H42N8S4. The van der Waals surface area contributed by atoms with Crippen LogP contribution in [0.2, 0.25) is 0 Å². The molecule has 1 aliphatic carbocycles. The maximum Gasteiger partial charge on any atom is 0.130 e. The fourth-order valence-electron chi connectivity index (χ4n) is 8.21. The number of aromatic nitrogens is 4. The van der Waals surface area contributed by atoms with Gasteiger partial charge in [0.2, 0.25) is 0 Å². The van der Waals surface area contributed by atoms with E-state index in [0.717, 1.165) is 92.2 Å². The van der Waals surface area contributed by atoms with Crippen LogP contribution < -0.4 is 0 Å². The van der Waals surface area contributed by atoms with Crippen LogP contribution in [0.5, 0.6) is 0 Å². The molecular weight excluding hydrogens is 781 g/mol. The Morgan fingerprint density at radius 2 is 0.930 bits per heavy atom. The molecule has 0 atom stereocenters. The molecule has 0 saturated carbocycles. The Hall–Kier alpha value is -5.08. The number of hydrogen-bond acceptors (Lipinski definition) is 12. The van der Waals surface area contributed by atoms with Crippen LogP contribution in [-0.4, -0.2) is 17.5 Å². The molecule has 286 valence electrons. The van der Waals surface area contributed by atoms with Crippen LogP contribution >= 0.6 is 46.1 Å². The van der Waals surface area contributed by atoms with Crippen molar-refractivity contribution in [1.29, 1.82) is 21.0 Å². The number of nitriles is 4. The Kier molecular flexibility index (Phi) is 13.0. The van der Waals surface area contributed by atoms with Crippen molar-refractivity contribution in [1.82, 2.24) is 17.5 Å². The van der Waals surface area contributed by atoms with Crippen molar-refractivity contribution in [3.8, 4) is 54.9 Å². The third kappa shape index (κ3) is 8.07. The largest absolute Gasteiger partial charge is 0.192 e. The van der Waals surface area contributed by atoms with E-state index in [-0.39, 0.29) is 16.6 Å². The minimum absolute atomic E-state index is 0.0354. The minimum Gasteiger partial charge on any atom is -0.192 e. The van der Waals surface area contributed by atoms with Crippen LogP contribution in [0, 0.1) is 45.3 Å². The molecule has 4 heterocycles. The van der Waals surface area contributed by atoms with Crippen LogP contribution in [0.15, 0.2) is 47.5 Å². The van der Waals surface area contributed by atoms with E-state index in [0.29, 0.717) is 11.0 Å². The molecule has 8 nitrogen and oxygen atoms in total. The minimum atomic E-state index is -0.128. The molecule has 0 saturated heterocycles. The van der Waals surface area contributed by atoms with Gasteiger partial charge in [0.05, 0.1) is 23.5 Å². The van der Waals surface area contributed by atoms with Gasteiger partial charge < -0.3 is 0 Å². The van der Waals surface area contributed by atoms with Gasteiger partial charge in [0, 0.05) is 47.2 Å². The lowest BCUT2D eigenvalue weighted by atomic mass is 9.71. The second kappa shape index (κ2) is 18.5. The highest BCUT2D eigenvalue weighted by Gasteiger charge is 2.45. The molecule has 57 heavy (non-hydrogen) atoms. The first-order chi connectivity index (χ1) is 28.0. The third-order valence-electron chi connectivity index (χ3n) is 11.1. The smallest absolute Gasteiger partial charge is 0.130 e. The summed E-state index contributed by atoms with van der Waals surface area (Å²) >= 11 is 5.96. The van der Waals surface area contributed by atoms with Gasteiger partial charge in [-0.15, -0.1) is 22.7 Å². The Bertz CT molecular complexity index is 2430. The maximum absolute atomic E-state index is 9.45.